The summed E-state index contributed by atoms with van der Waals surface area (Å²) in [5.41, 5.74) is 9.44. The number of nitrogens with zero attached hydrogens (tertiary/aromatic N) is 2. The number of hydrogen-bond acceptors (Lipinski definition) is 2. The number of likely N-dealkylation sites (tertiary alicyclic amines) is 1. The van der Waals surface area contributed by atoms with E-state index in [1.807, 2.05) is 0 Å². The highest BCUT2D eigenvalue weighted by atomic mass is 15.2. The van der Waals surface area contributed by atoms with E-state index in [-0.39, 0.29) is 0 Å². The van der Waals surface area contributed by atoms with Crippen molar-refractivity contribution < 1.29 is 0 Å². The average molecular weight is 288 g/mol. The molecule has 0 unspecified atom stereocenters. The largest absolute Gasteiger partial charge is 0.370 e. The van der Waals surface area contributed by atoms with Gasteiger partial charge < -0.3 is 16.0 Å². The zero-order valence-electron chi connectivity index (χ0n) is 13.5. The third kappa shape index (κ3) is 5.38. The summed E-state index contributed by atoms with van der Waals surface area (Å²) in [6.07, 6.45) is 2.61. The molecule has 0 saturated carbocycles. The predicted octanol–water partition coefficient (Wildman–Crippen LogP) is 2.76. The lowest BCUT2D eigenvalue weighted by atomic mass is 9.99. The first kappa shape index (κ1) is 15.8. The Morgan fingerprint density at radius 1 is 1.24 bits per heavy atom. The number of benzene rings is 1. The lowest BCUT2D eigenvalue weighted by Crippen LogP contribution is -2.35. The second-order valence-corrected chi connectivity index (χ2v) is 6.29. The molecule has 0 bridgehead atoms. The SMILES string of the molecule is Cc1cc(C)cc(NC(N)=NCCN2CCC(C)CC2)c1. The monoisotopic (exact) mass is 288 g/mol. The molecule has 3 N–H and O–H groups in total. The summed E-state index contributed by atoms with van der Waals surface area (Å²) in [5.74, 6) is 1.38. The van der Waals surface area contributed by atoms with E-state index < -0.39 is 0 Å². The molecule has 4 nitrogen and oxygen atoms in total. The molecule has 0 amide bonds. The fraction of sp³-hybridized carbons (Fsp3) is 0.588. The minimum Gasteiger partial charge on any atom is -0.370 e. The molecule has 21 heavy (non-hydrogen) atoms. The highest BCUT2D eigenvalue weighted by molar-refractivity contribution is 5.92. The standard InChI is InChI=1S/C17H28N4/c1-13-4-7-21(8-5-13)9-6-19-17(18)20-16-11-14(2)10-15(3)12-16/h10-13H,4-9H2,1-3H3,(H3,18,19,20). The zero-order valence-corrected chi connectivity index (χ0v) is 13.5. The van der Waals surface area contributed by atoms with Gasteiger partial charge in [-0.2, -0.15) is 0 Å². The van der Waals surface area contributed by atoms with E-state index in [0.29, 0.717) is 5.96 Å². The van der Waals surface area contributed by atoms with Crippen LogP contribution < -0.4 is 11.1 Å². The van der Waals surface area contributed by atoms with Gasteiger partial charge in [-0.15, -0.1) is 0 Å². The van der Waals surface area contributed by atoms with Crippen molar-refractivity contribution in [2.75, 3.05) is 31.5 Å². The lowest BCUT2D eigenvalue weighted by Gasteiger charge is -2.29. The Kier molecular flexibility index (Phi) is 5.62. The molecule has 0 aliphatic carbocycles. The molecule has 1 saturated heterocycles. The first-order valence-electron chi connectivity index (χ1n) is 7.90. The molecule has 116 valence electrons. The molecule has 0 aromatic heterocycles. The van der Waals surface area contributed by atoms with Gasteiger partial charge in [0.2, 0.25) is 0 Å². The smallest absolute Gasteiger partial charge is 0.193 e. The Morgan fingerprint density at radius 3 is 2.48 bits per heavy atom. The first-order chi connectivity index (χ1) is 10.0. The van der Waals surface area contributed by atoms with Crippen LogP contribution in [-0.4, -0.2) is 37.0 Å². The summed E-state index contributed by atoms with van der Waals surface area (Å²) in [4.78, 5) is 6.91. The maximum Gasteiger partial charge on any atom is 0.193 e. The predicted molar refractivity (Wildman–Crippen MR) is 90.9 cm³/mol. The van der Waals surface area contributed by atoms with Crippen molar-refractivity contribution in [2.45, 2.75) is 33.6 Å². The van der Waals surface area contributed by atoms with E-state index in [9.17, 15) is 0 Å². The summed E-state index contributed by atoms with van der Waals surface area (Å²) >= 11 is 0. The van der Waals surface area contributed by atoms with Crippen molar-refractivity contribution in [3.05, 3.63) is 29.3 Å². The van der Waals surface area contributed by atoms with E-state index in [4.69, 9.17) is 5.73 Å². The van der Waals surface area contributed by atoms with Crippen LogP contribution in [0, 0.1) is 19.8 Å². The number of aliphatic imine (C=N–C) groups is 1. The van der Waals surface area contributed by atoms with Gasteiger partial charge >= 0.3 is 0 Å². The molecule has 0 atom stereocenters. The average Bonchev–Trinajstić information content (AvgIpc) is 2.39. The third-order valence-corrected chi connectivity index (χ3v) is 4.07. The fourth-order valence-corrected chi connectivity index (χ4v) is 2.83. The van der Waals surface area contributed by atoms with E-state index in [1.165, 1.54) is 37.1 Å². The van der Waals surface area contributed by atoms with E-state index in [2.05, 4.69) is 54.2 Å². The van der Waals surface area contributed by atoms with Crippen LogP contribution in [0.2, 0.25) is 0 Å². The zero-order chi connectivity index (χ0) is 15.2. The Hall–Kier alpha value is -1.55. The van der Waals surface area contributed by atoms with Gasteiger partial charge in [0.25, 0.3) is 0 Å². The number of anilines is 1. The second kappa shape index (κ2) is 7.46. The van der Waals surface area contributed by atoms with Gasteiger partial charge in [-0.3, -0.25) is 4.99 Å². The van der Waals surface area contributed by atoms with Gasteiger partial charge in [-0.25, -0.2) is 0 Å². The maximum absolute atomic E-state index is 5.96. The molecule has 1 aliphatic heterocycles. The fourth-order valence-electron chi connectivity index (χ4n) is 2.83. The van der Waals surface area contributed by atoms with Crippen molar-refractivity contribution >= 4 is 11.6 Å². The molecule has 1 fully saturated rings. The minimum atomic E-state index is 0.505. The van der Waals surface area contributed by atoms with Gasteiger partial charge in [0.05, 0.1) is 6.54 Å². The molecule has 4 heteroatoms. The van der Waals surface area contributed by atoms with Crippen molar-refractivity contribution in [3.8, 4) is 0 Å². The summed E-state index contributed by atoms with van der Waals surface area (Å²) in [6, 6.07) is 6.32. The van der Waals surface area contributed by atoms with Crippen LogP contribution in [0.5, 0.6) is 0 Å². The highest BCUT2D eigenvalue weighted by Gasteiger charge is 2.14. The summed E-state index contributed by atoms with van der Waals surface area (Å²) in [6.45, 7) is 10.7. The number of nitrogens with two attached hydrogens (primary N) is 1. The van der Waals surface area contributed by atoms with Crippen LogP contribution in [-0.2, 0) is 0 Å². The Balaban J connectivity index is 1.78. The Labute approximate surface area is 128 Å². The lowest BCUT2D eigenvalue weighted by molar-refractivity contribution is 0.197. The van der Waals surface area contributed by atoms with E-state index >= 15 is 0 Å². The quantitative estimate of drug-likeness (QED) is 0.661. The number of guanidine groups is 1. The maximum atomic E-state index is 5.96. The van der Waals surface area contributed by atoms with Crippen molar-refractivity contribution in [1.29, 1.82) is 0 Å². The van der Waals surface area contributed by atoms with E-state index in [1.54, 1.807) is 0 Å². The Bertz CT molecular complexity index is 467. The van der Waals surface area contributed by atoms with Crippen LogP contribution >= 0.6 is 0 Å². The number of piperidine rings is 1. The number of rotatable bonds is 4. The molecule has 0 radical (unpaired) electrons. The summed E-state index contributed by atoms with van der Waals surface area (Å²) in [7, 11) is 0. The number of hydrogen-bond donors (Lipinski definition) is 2. The van der Waals surface area contributed by atoms with Gasteiger partial charge in [0.15, 0.2) is 5.96 Å². The molecular formula is C17H28N4. The molecule has 1 aromatic rings. The summed E-state index contributed by atoms with van der Waals surface area (Å²) < 4.78 is 0. The van der Waals surface area contributed by atoms with Crippen LogP contribution in [0.3, 0.4) is 0 Å². The summed E-state index contributed by atoms with van der Waals surface area (Å²) in [5, 5.41) is 3.18. The third-order valence-electron chi connectivity index (χ3n) is 4.07. The molecule has 1 aromatic carbocycles. The van der Waals surface area contributed by atoms with Gasteiger partial charge in [0.1, 0.15) is 0 Å². The molecule has 1 aliphatic rings. The molecule has 2 rings (SSSR count). The van der Waals surface area contributed by atoms with Crippen LogP contribution in [0.15, 0.2) is 23.2 Å². The number of aryl methyl sites for hydroxylation is 2. The second-order valence-electron chi connectivity index (χ2n) is 6.29. The van der Waals surface area contributed by atoms with Gasteiger partial charge in [-0.05, 0) is 69.0 Å². The molecule has 1 heterocycles. The van der Waals surface area contributed by atoms with Crippen LogP contribution in [0.4, 0.5) is 5.69 Å². The normalized spacial score (nSPS) is 18.0. The molecular weight excluding hydrogens is 260 g/mol. The van der Waals surface area contributed by atoms with Crippen LogP contribution in [0.1, 0.15) is 30.9 Å². The molecule has 0 spiro atoms. The topological polar surface area (TPSA) is 53.6 Å². The van der Waals surface area contributed by atoms with Crippen molar-refractivity contribution in [3.63, 3.8) is 0 Å². The van der Waals surface area contributed by atoms with E-state index in [0.717, 1.165) is 24.7 Å². The highest BCUT2D eigenvalue weighted by Crippen LogP contribution is 2.15. The van der Waals surface area contributed by atoms with Crippen LogP contribution in [0.25, 0.3) is 0 Å². The van der Waals surface area contributed by atoms with Gasteiger partial charge in [-0.1, -0.05) is 13.0 Å². The van der Waals surface area contributed by atoms with Crippen molar-refractivity contribution in [2.24, 2.45) is 16.6 Å². The Morgan fingerprint density at radius 2 is 1.86 bits per heavy atom. The first-order valence-corrected chi connectivity index (χ1v) is 7.90. The van der Waals surface area contributed by atoms with Gasteiger partial charge in [0, 0.05) is 12.2 Å². The number of nitrogens with one attached hydrogen (secondary N) is 1. The van der Waals surface area contributed by atoms with Crippen molar-refractivity contribution in [1.82, 2.24) is 4.90 Å². The minimum absolute atomic E-state index is 0.505.